The number of hydrogen-bond acceptors (Lipinski definition) is 5. The Morgan fingerprint density at radius 2 is 2.30 bits per heavy atom. The zero-order chi connectivity index (χ0) is 14.5. The van der Waals surface area contributed by atoms with E-state index in [-0.39, 0.29) is 24.4 Å². The number of halogens is 3. The molecule has 6 nitrogen and oxygen atoms in total. The summed E-state index contributed by atoms with van der Waals surface area (Å²) in [4.78, 5) is 21.2. The van der Waals surface area contributed by atoms with Crippen molar-refractivity contribution < 1.29 is 13.6 Å². The van der Waals surface area contributed by atoms with Crippen molar-refractivity contribution in [2.45, 2.75) is 36.5 Å². The van der Waals surface area contributed by atoms with Gasteiger partial charge in [-0.1, -0.05) is 11.6 Å². The largest absolute Gasteiger partial charge is 0.326 e. The molecule has 0 aromatic heterocycles. The van der Waals surface area contributed by atoms with Crippen molar-refractivity contribution in [1.29, 1.82) is 0 Å². The van der Waals surface area contributed by atoms with Gasteiger partial charge in [-0.25, -0.2) is 18.8 Å². The molecule has 3 rings (SSSR count). The van der Waals surface area contributed by atoms with Crippen molar-refractivity contribution in [3.63, 3.8) is 0 Å². The molecule has 0 radical (unpaired) electrons. The van der Waals surface area contributed by atoms with E-state index < -0.39 is 23.1 Å². The molecule has 3 N–H and O–H groups in total. The standard InChI is InChI=1S/C11H12ClF2N5O/c12-11(15)17-8-7(9(20)18-11)16-3-4-19(8)6-1-2-10(13,14)5-6/h3-4,6H,1-2,5,15H2,(H,18,20). The number of carbonyl (C=O) groups is 1. The maximum absolute atomic E-state index is 13.4. The fraction of sp³-hybridized carbons (Fsp3) is 0.545. The van der Waals surface area contributed by atoms with Gasteiger partial charge in [0.1, 0.15) is 0 Å². The van der Waals surface area contributed by atoms with Crippen LogP contribution in [0, 0.1) is 0 Å². The van der Waals surface area contributed by atoms with Crippen LogP contribution in [0.2, 0.25) is 0 Å². The van der Waals surface area contributed by atoms with Crippen LogP contribution in [0.5, 0.6) is 0 Å². The van der Waals surface area contributed by atoms with Crippen LogP contribution >= 0.6 is 11.6 Å². The van der Waals surface area contributed by atoms with Crippen LogP contribution in [-0.2, 0) is 4.79 Å². The Kier molecular flexibility index (Phi) is 2.84. The number of rotatable bonds is 1. The van der Waals surface area contributed by atoms with Crippen LogP contribution < -0.4 is 11.1 Å². The maximum atomic E-state index is 13.4. The van der Waals surface area contributed by atoms with Crippen LogP contribution in [0.4, 0.5) is 8.78 Å². The van der Waals surface area contributed by atoms with Gasteiger partial charge in [0.2, 0.25) is 5.92 Å². The summed E-state index contributed by atoms with van der Waals surface area (Å²) in [5, 5.41) is 0.478. The van der Waals surface area contributed by atoms with E-state index in [1.54, 1.807) is 0 Å². The number of fused-ring (bicyclic) bond motifs is 1. The number of nitrogens with two attached hydrogens (primary N) is 1. The molecule has 0 spiro atoms. The summed E-state index contributed by atoms with van der Waals surface area (Å²) in [6.45, 7) is 0. The third-order valence-corrected chi connectivity index (χ3v) is 3.61. The highest BCUT2D eigenvalue weighted by atomic mass is 35.5. The third kappa shape index (κ3) is 2.29. The summed E-state index contributed by atoms with van der Waals surface area (Å²) in [6, 6.07) is -0.455. The van der Waals surface area contributed by atoms with Gasteiger partial charge in [-0.2, -0.15) is 0 Å². The van der Waals surface area contributed by atoms with Crippen molar-refractivity contribution >= 4 is 29.1 Å². The van der Waals surface area contributed by atoms with E-state index in [0.29, 0.717) is 6.42 Å². The number of alkyl halides is 3. The van der Waals surface area contributed by atoms with Gasteiger partial charge in [0.05, 0.1) is 0 Å². The topological polar surface area (TPSA) is 83.1 Å². The molecule has 1 amide bonds. The SMILES string of the molecule is NC1(Cl)N=C2C(=NC=CN2C2CCC(F)(F)C2)C(=O)N1. The van der Waals surface area contributed by atoms with Gasteiger partial charge in [0.25, 0.3) is 11.2 Å². The Morgan fingerprint density at radius 1 is 1.55 bits per heavy atom. The number of nitrogens with one attached hydrogen (secondary N) is 1. The lowest BCUT2D eigenvalue weighted by Gasteiger charge is -2.35. The average molecular weight is 304 g/mol. The monoisotopic (exact) mass is 303 g/mol. The number of nitrogens with zero attached hydrogens (tertiary/aromatic N) is 3. The molecule has 2 aliphatic heterocycles. The summed E-state index contributed by atoms with van der Waals surface area (Å²) < 4.78 is 26.7. The van der Waals surface area contributed by atoms with E-state index in [0.717, 1.165) is 0 Å². The Morgan fingerprint density at radius 3 is 2.95 bits per heavy atom. The lowest BCUT2D eigenvalue weighted by atomic mass is 10.1. The predicted molar refractivity (Wildman–Crippen MR) is 69.3 cm³/mol. The van der Waals surface area contributed by atoms with Gasteiger partial charge in [-0.05, 0) is 6.42 Å². The van der Waals surface area contributed by atoms with E-state index in [4.69, 9.17) is 17.3 Å². The number of amidine groups is 1. The number of hydrogen-bond donors (Lipinski definition) is 2. The number of carbonyl (C=O) groups excluding carboxylic acids is 1. The van der Waals surface area contributed by atoms with Crippen LogP contribution in [0.15, 0.2) is 22.4 Å². The molecule has 3 aliphatic rings. The van der Waals surface area contributed by atoms with E-state index in [9.17, 15) is 13.6 Å². The molecule has 0 aromatic rings. The molecule has 0 bridgehead atoms. The van der Waals surface area contributed by atoms with E-state index in [1.165, 1.54) is 17.3 Å². The third-order valence-electron chi connectivity index (χ3n) is 3.43. The van der Waals surface area contributed by atoms with Crippen molar-refractivity contribution in [2.24, 2.45) is 15.7 Å². The summed E-state index contributed by atoms with van der Waals surface area (Å²) in [7, 11) is 0. The number of aliphatic imine (C=N–C) groups is 2. The highest BCUT2D eigenvalue weighted by molar-refractivity contribution is 6.68. The minimum absolute atomic E-state index is 0.0319. The molecule has 1 saturated carbocycles. The Balaban J connectivity index is 1.94. The lowest BCUT2D eigenvalue weighted by Crippen LogP contribution is -2.61. The minimum atomic E-state index is -2.70. The first-order chi connectivity index (χ1) is 9.27. The summed E-state index contributed by atoms with van der Waals surface area (Å²) in [5.41, 5.74) is 5.61. The van der Waals surface area contributed by atoms with Gasteiger partial charge >= 0.3 is 0 Å². The van der Waals surface area contributed by atoms with Gasteiger partial charge in [0.15, 0.2) is 11.5 Å². The first kappa shape index (κ1) is 13.4. The van der Waals surface area contributed by atoms with Gasteiger partial charge in [-0.3, -0.25) is 10.5 Å². The van der Waals surface area contributed by atoms with Crippen molar-refractivity contribution in [3.05, 3.63) is 12.4 Å². The Hall–Kier alpha value is -1.54. The van der Waals surface area contributed by atoms with E-state index >= 15 is 0 Å². The van der Waals surface area contributed by atoms with Crippen molar-refractivity contribution in [1.82, 2.24) is 10.2 Å². The molecule has 1 aliphatic carbocycles. The molecule has 20 heavy (non-hydrogen) atoms. The highest BCUT2D eigenvalue weighted by Gasteiger charge is 2.45. The number of amides is 1. The smallest absolute Gasteiger partial charge is 0.277 e. The minimum Gasteiger partial charge on any atom is -0.326 e. The second-order valence-corrected chi connectivity index (χ2v) is 5.57. The quantitative estimate of drug-likeness (QED) is 0.553. The van der Waals surface area contributed by atoms with Gasteiger partial charge in [-0.15, -0.1) is 0 Å². The van der Waals surface area contributed by atoms with Crippen molar-refractivity contribution in [2.75, 3.05) is 0 Å². The molecule has 108 valence electrons. The highest BCUT2D eigenvalue weighted by Crippen LogP contribution is 2.38. The molecule has 2 unspecified atom stereocenters. The maximum Gasteiger partial charge on any atom is 0.277 e. The van der Waals surface area contributed by atoms with Crippen LogP contribution in [0.25, 0.3) is 0 Å². The zero-order valence-electron chi connectivity index (χ0n) is 10.3. The molecular formula is C11H12ClF2N5O. The molecule has 0 aromatic carbocycles. The average Bonchev–Trinajstić information content (AvgIpc) is 2.67. The predicted octanol–water partition coefficient (Wildman–Crippen LogP) is 0.739. The fourth-order valence-corrected chi connectivity index (χ4v) is 2.73. The molecule has 1 fully saturated rings. The van der Waals surface area contributed by atoms with Crippen LogP contribution in [0.1, 0.15) is 19.3 Å². The van der Waals surface area contributed by atoms with E-state index in [1.807, 2.05) is 0 Å². The Labute approximate surface area is 118 Å². The summed E-state index contributed by atoms with van der Waals surface area (Å²) in [6.07, 6.45) is 2.70. The second kappa shape index (κ2) is 4.23. The summed E-state index contributed by atoms with van der Waals surface area (Å²) in [5.74, 6) is -3.14. The fourth-order valence-electron chi connectivity index (χ4n) is 2.56. The molecule has 0 saturated heterocycles. The van der Waals surface area contributed by atoms with Crippen molar-refractivity contribution in [3.8, 4) is 0 Å². The lowest BCUT2D eigenvalue weighted by molar-refractivity contribution is -0.115. The first-order valence-electron chi connectivity index (χ1n) is 6.09. The van der Waals surface area contributed by atoms with Gasteiger partial charge in [0, 0.05) is 31.3 Å². The van der Waals surface area contributed by atoms with Gasteiger partial charge < -0.3 is 10.2 Å². The van der Waals surface area contributed by atoms with E-state index in [2.05, 4.69) is 15.3 Å². The zero-order valence-corrected chi connectivity index (χ0v) is 11.1. The summed E-state index contributed by atoms with van der Waals surface area (Å²) >= 11 is 5.82. The van der Waals surface area contributed by atoms with Crippen LogP contribution in [0.3, 0.4) is 0 Å². The molecule has 2 atom stereocenters. The van der Waals surface area contributed by atoms with Crippen LogP contribution in [-0.4, -0.2) is 39.6 Å². The molecule has 2 heterocycles. The molecule has 9 heteroatoms. The Bertz CT molecular complexity index is 557. The first-order valence-corrected chi connectivity index (χ1v) is 6.46. The second-order valence-electron chi connectivity index (χ2n) is 5.00. The normalized spacial score (nSPS) is 35.3. The molecular weight excluding hydrogens is 292 g/mol.